The molecule has 0 amide bonds. The van der Waals surface area contributed by atoms with Crippen molar-refractivity contribution in [3.8, 4) is 0 Å². The zero-order valence-corrected chi connectivity index (χ0v) is 13.6. The largest absolute Gasteiger partial charge is 0.382 e. The highest BCUT2D eigenvalue weighted by atomic mass is 35.5. The highest BCUT2D eigenvalue weighted by Gasteiger charge is 2.18. The Balaban J connectivity index is 1.85. The number of aromatic nitrogens is 1. The van der Waals surface area contributed by atoms with Crippen molar-refractivity contribution < 1.29 is 13.6 Å². The Morgan fingerprint density at radius 1 is 1.17 bits per heavy atom. The first-order valence-corrected chi connectivity index (χ1v) is 7.92. The first kappa shape index (κ1) is 16.4. The van der Waals surface area contributed by atoms with Gasteiger partial charge in [0.05, 0.1) is 5.02 Å². The number of hydrogen-bond donors (Lipinski definition) is 2. The van der Waals surface area contributed by atoms with Crippen LogP contribution in [0.2, 0.25) is 5.02 Å². The third-order valence-electron chi connectivity index (χ3n) is 3.14. The van der Waals surface area contributed by atoms with E-state index >= 15 is 0 Å². The van der Waals surface area contributed by atoms with Gasteiger partial charge in [-0.2, -0.15) is 0 Å². The molecule has 0 spiro atoms. The Morgan fingerprint density at radius 2 is 1.88 bits per heavy atom. The van der Waals surface area contributed by atoms with Gasteiger partial charge in [0.2, 0.25) is 5.78 Å². The smallest absolute Gasteiger partial charge is 0.206 e. The number of hydrogen-bond acceptors (Lipinski definition) is 5. The van der Waals surface area contributed by atoms with Gasteiger partial charge in [0.15, 0.2) is 5.13 Å². The zero-order valence-electron chi connectivity index (χ0n) is 12.0. The van der Waals surface area contributed by atoms with Crippen LogP contribution in [0.3, 0.4) is 0 Å². The zero-order chi connectivity index (χ0) is 17.3. The summed E-state index contributed by atoms with van der Waals surface area (Å²) in [6, 6.07) is 9.25. The predicted molar refractivity (Wildman–Crippen MR) is 91.1 cm³/mol. The summed E-state index contributed by atoms with van der Waals surface area (Å²) in [6.07, 6.45) is 0. The molecule has 8 heteroatoms. The maximum atomic E-state index is 13.2. The highest BCUT2D eigenvalue weighted by molar-refractivity contribution is 7.18. The molecule has 0 radical (unpaired) electrons. The summed E-state index contributed by atoms with van der Waals surface area (Å²) in [5, 5.41) is 3.24. The first-order valence-electron chi connectivity index (χ1n) is 6.72. The summed E-state index contributed by atoms with van der Waals surface area (Å²) in [5.41, 5.74) is 6.61. The van der Waals surface area contributed by atoms with Crippen LogP contribution in [0.1, 0.15) is 15.2 Å². The molecular formula is C16H10ClF2N3OS. The lowest BCUT2D eigenvalue weighted by molar-refractivity contribution is 0.104. The fraction of sp³-hybridized carbons (Fsp3) is 0. The molecule has 1 aromatic heterocycles. The predicted octanol–water partition coefficient (Wildman–Crippen LogP) is 4.63. The molecule has 3 rings (SSSR count). The minimum atomic E-state index is -0.534. The van der Waals surface area contributed by atoms with E-state index in [1.165, 1.54) is 42.5 Å². The molecule has 0 atom stereocenters. The Morgan fingerprint density at radius 3 is 2.54 bits per heavy atom. The summed E-state index contributed by atoms with van der Waals surface area (Å²) < 4.78 is 26.1. The molecule has 0 bridgehead atoms. The third-order valence-corrected chi connectivity index (χ3v) is 4.41. The Hall–Kier alpha value is -2.51. The quantitative estimate of drug-likeness (QED) is 0.661. The van der Waals surface area contributed by atoms with Crippen LogP contribution >= 0.6 is 22.9 Å². The van der Waals surface area contributed by atoms with Gasteiger partial charge in [-0.1, -0.05) is 22.9 Å². The van der Waals surface area contributed by atoms with Crippen LogP contribution in [0.25, 0.3) is 0 Å². The molecule has 0 saturated heterocycles. The van der Waals surface area contributed by atoms with Crippen molar-refractivity contribution >= 4 is 45.4 Å². The van der Waals surface area contributed by atoms with Gasteiger partial charge >= 0.3 is 0 Å². The van der Waals surface area contributed by atoms with Crippen LogP contribution in [-0.2, 0) is 0 Å². The summed E-state index contributed by atoms with van der Waals surface area (Å²) in [4.78, 5) is 16.7. The molecule has 0 aliphatic heterocycles. The van der Waals surface area contributed by atoms with E-state index in [2.05, 4.69) is 10.3 Å². The van der Waals surface area contributed by atoms with Gasteiger partial charge in [0, 0.05) is 11.3 Å². The fourth-order valence-electron chi connectivity index (χ4n) is 1.98. The number of anilines is 3. The normalized spacial score (nSPS) is 10.6. The van der Waals surface area contributed by atoms with Crippen molar-refractivity contribution in [2.75, 3.05) is 11.1 Å². The molecule has 0 unspecified atom stereocenters. The Kier molecular flexibility index (Phi) is 4.46. The molecule has 24 heavy (non-hydrogen) atoms. The second-order valence-corrected chi connectivity index (χ2v) is 6.23. The van der Waals surface area contributed by atoms with Gasteiger partial charge in [-0.25, -0.2) is 13.8 Å². The number of nitrogens with zero attached hydrogens (tertiary/aromatic N) is 1. The molecule has 0 aliphatic rings. The van der Waals surface area contributed by atoms with Gasteiger partial charge in [0.25, 0.3) is 0 Å². The van der Waals surface area contributed by atoms with Crippen molar-refractivity contribution in [2.24, 2.45) is 0 Å². The van der Waals surface area contributed by atoms with Gasteiger partial charge in [0.1, 0.15) is 22.3 Å². The molecule has 0 saturated carbocycles. The Labute approximate surface area is 144 Å². The minimum Gasteiger partial charge on any atom is -0.382 e. The van der Waals surface area contributed by atoms with Crippen LogP contribution < -0.4 is 11.1 Å². The number of carbonyl (C=O) groups excluding carboxylic acids is 1. The van der Waals surface area contributed by atoms with Crippen molar-refractivity contribution in [1.82, 2.24) is 4.98 Å². The topological polar surface area (TPSA) is 68.0 Å². The number of rotatable bonds is 4. The average molecular weight is 366 g/mol. The van der Waals surface area contributed by atoms with E-state index in [9.17, 15) is 13.6 Å². The summed E-state index contributed by atoms with van der Waals surface area (Å²) >= 11 is 6.76. The second-order valence-electron chi connectivity index (χ2n) is 4.82. The van der Waals surface area contributed by atoms with Crippen LogP contribution in [-0.4, -0.2) is 10.8 Å². The number of benzene rings is 2. The van der Waals surface area contributed by atoms with Crippen LogP contribution in [0, 0.1) is 11.6 Å². The fourth-order valence-corrected chi connectivity index (χ4v) is 3.03. The molecule has 3 aromatic rings. The highest BCUT2D eigenvalue weighted by Crippen LogP contribution is 2.30. The number of thiazole rings is 1. The van der Waals surface area contributed by atoms with Crippen LogP contribution in [0.15, 0.2) is 42.5 Å². The molecule has 2 aromatic carbocycles. The van der Waals surface area contributed by atoms with Crippen molar-refractivity contribution in [2.45, 2.75) is 0 Å². The lowest BCUT2D eigenvalue weighted by Gasteiger charge is -2.03. The number of nitrogens with one attached hydrogen (secondary N) is 1. The SMILES string of the molecule is Nc1nc(Nc2ccc(F)c(Cl)c2)sc1C(=O)c1ccc(F)cc1. The molecule has 122 valence electrons. The number of halogens is 3. The van der Waals surface area contributed by atoms with Crippen LogP contribution in [0.5, 0.6) is 0 Å². The number of nitrogens with two attached hydrogens (primary N) is 1. The van der Waals surface area contributed by atoms with Gasteiger partial charge in [-0.15, -0.1) is 0 Å². The van der Waals surface area contributed by atoms with Crippen LogP contribution in [0.4, 0.5) is 25.4 Å². The molecule has 0 fully saturated rings. The van der Waals surface area contributed by atoms with Crippen molar-refractivity contribution in [1.29, 1.82) is 0 Å². The van der Waals surface area contributed by atoms with E-state index in [1.807, 2.05) is 0 Å². The van der Waals surface area contributed by atoms with Gasteiger partial charge in [-0.3, -0.25) is 4.79 Å². The van der Waals surface area contributed by atoms with E-state index in [0.717, 1.165) is 11.3 Å². The number of carbonyl (C=O) groups is 1. The third kappa shape index (κ3) is 3.37. The molecule has 1 heterocycles. The van der Waals surface area contributed by atoms with Gasteiger partial charge in [-0.05, 0) is 42.5 Å². The van der Waals surface area contributed by atoms with Gasteiger partial charge < -0.3 is 11.1 Å². The number of ketones is 1. The van der Waals surface area contributed by atoms with E-state index in [4.69, 9.17) is 17.3 Å². The second kappa shape index (κ2) is 6.54. The first-order chi connectivity index (χ1) is 11.4. The van der Waals surface area contributed by atoms with Crippen molar-refractivity contribution in [3.05, 3.63) is 69.6 Å². The lowest BCUT2D eigenvalue weighted by atomic mass is 10.1. The summed E-state index contributed by atoms with van der Waals surface area (Å²) in [6.45, 7) is 0. The van der Waals surface area contributed by atoms with E-state index in [-0.39, 0.29) is 21.5 Å². The molecular weight excluding hydrogens is 356 g/mol. The summed E-state index contributed by atoms with van der Waals surface area (Å²) in [7, 11) is 0. The van der Waals surface area contributed by atoms with E-state index in [1.54, 1.807) is 0 Å². The lowest BCUT2D eigenvalue weighted by Crippen LogP contribution is -2.02. The van der Waals surface area contributed by atoms with Crippen molar-refractivity contribution in [3.63, 3.8) is 0 Å². The van der Waals surface area contributed by atoms with E-state index < -0.39 is 11.6 Å². The minimum absolute atomic E-state index is 0.0351. The summed E-state index contributed by atoms with van der Waals surface area (Å²) in [5.74, 6) is -1.26. The van der Waals surface area contributed by atoms with E-state index in [0.29, 0.717) is 16.4 Å². The molecule has 0 aliphatic carbocycles. The Bertz CT molecular complexity index is 912. The monoisotopic (exact) mass is 365 g/mol. The average Bonchev–Trinajstić information content (AvgIpc) is 2.91. The molecule has 4 nitrogen and oxygen atoms in total. The number of nitrogen functional groups attached to an aromatic ring is 1. The maximum absolute atomic E-state index is 13.2. The standard InChI is InChI=1S/C16H10ClF2N3OS/c17-11-7-10(5-6-12(11)19)21-16-22-15(20)14(24-16)13(23)8-1-3-9(18)4-2-8/h1-7H,20H2,(H,21,22). The molecule has 3 N–H and O–H groups in total. The maximum Gasteiger partial charge on any atom is 0.206 e.